The highest BCUT2D eigenvalue weighted by atomic mass is 79.9. The maximum atomic E-state index is 13.1. The number of nitro groups is 1. The van der Waals surface area contributed by atoms with E-state index in [-0.39, 0.29) is 23.8 Å². The van der Waals surface area contributed by atoms with E-state index < -0.39 is 21.2 Å². The second kappa shape index (κ2) is 5.12. The number of non-ortho nitro benzene ring substituents is 1. The minimum atomic E-state index is -0.761. The quantitative estimate of drug-likeness (QED) is 0.617. The number of rotatable bonds is 3. The Hall–Kier alpha value is -1.76. The van der Waals surface area contributed by atoms with Gasteiger partial charge in [0, 0.05) is 28.4 Å². The van der Waals surface area contributed by atoms with Crippen LogP contribution in [0.3, 0.4) is 0 Å². The van der Waals surface area contributed by atoms with Crippen molar-refractivity contribution < 1.29 is 14.5 Å². The molecule has 128 valence electrons. The Kier molecular flexibility index (Phi) is 3.64. The molecule has 1 N–H and O–H groups in total. The van der Waals surface area contributed by atoms with Crippen molar-refractivity contribution in [1.82, 2.24) is 0 Å². The first-order valence-electron chi connectivity index (χ1n) is 7.84. The van der Waals surface area contributed by atoms with Crippen LogP contribution in [0.4, 0.5) is 11.4 Å². The van der Waals surface area contributed by atoms with E-state index in [2.05, 4.69) is 21.2 Å². The number of amides is 1. The lowest BCUT2D eigenvalue weighted by atomic mass is 9.64. The van der Waals surface area contributed by atoms with Crippen LogP contribution >= 0.6 is 15.9 Å². The lowest BCUT2D eigenvalue weighted by molar-refractivity contribution is -0.384. The van der Waals surface area contributed by atoms with Gasteiger partial charge in [0.05, 0.1) is 16.0 Å². The third-order valence-electron chi connectivity index (χ3n) is 6.55. The summed E-state index contributed by atoms with van der Waals surface area (Å²) in [5.74, 6) is -0.102. The normalized spacial score (nSPS) is 30.4. The lowest BCUT2D eigenvalue weighted by Gasteiger charge is -2.38. The van der Waals surface area contributed by atoms with E-state index in [1.54, 1.807) is 0 Å². The Morgan fingerprint density at radius 1 is 1.29 bits per heavy atom. The Morgan fingerprint density at radius 3 is 2.46 bits per heavy atom. The number of hydrogen-bond acceptors (Lipinski definition) is 4. The van der Waals surface area contributed by atoms with Gasteiger partial charge in [-0.25, -0.2) is 0 Å². The number of carbonyl (C=O) groups excluding carboxylic acids is 2. The van der Waals surface area contributed by atoms with Crippen molar-refractivity contribution in [2.75, 3.05) is 5.32 Å². The standard InChI is InChI=1S/C17H19BrN2O4/c1-15(2)16(3)6-7-17(15,9-13(16)21)14(22)19-12-8-10(20(23)24)4-5-11(12)18/h4-5,8H,6-7,9H2,1-3H3,(H,19,22)/t16-,17-/m1/s1. The summed E-state index contributed by atoms with van der Waals surface area (Å²) < 4.78 is 0.570. The predicted molar refractivity (Wildman–Crippen MR) is 92.6 cm³/mol. The van der Waals surface area contributed by atoms with Crippen molar-refractivity contribution in [2.24, 2.45) is 16.2 Å². The van der Waals surface area contributed by atoms with Crippen LogP contribution in [-0.4, -0.2) is 16.6 Å². The Labute approximate surface area is 148 Å². The monoisotopic (exact) mass is 394 g/mol. The Morgan fingerprint density at radius 2 is 1.96 bits per heavy atom. The molecule has 2 aliphatic carbocycles. The number of nitrogens with one attached hydrogen (secondary N) is 1. The van der Waals surface area contributed by atoms with Crippen LogP contribution in [0.5, 0.6) is 0 Å². The molecular formula is C17H19BrN2O4. The molecular weight excluding hydrogens is 376 g/mol. The number of ketones is 1. The van der Waals surface area contributed by atoms with Gasteiger partial charge in [0.1, 0.15) is 5.78 Å². The summed E-state index contributed by atoms with van der Waals surface area (Å²) >= 11 is 3.31. The largest absolute Gasteiger partial charge is 0.324 e. The van der Waals surface area contributed by atoms with E-state index in [0.717, 1.165) is 0 Å². The van der Waals surface area contributed by atoms with Gasteiger partial charge >= 0.3 is 0 Å². The fraction of sp³-hybridized carbons (Fsp3) is 0.529. The molecule has 0 saturated heterocycles. The highest BCUT2D eigenvalue weighted by molar-refractivity contribution is 9.10. The maximum Gasteiger partial charge on any atom is 0.271 e. The van der Waals surface area contributed by atoms with Crippen molar-refractivity contribution in [1.29, 1.82) is 0 Å². The second-order valence-electron chi connectivity index (χ2n) is 7.51. The number of nitrogens with zero attached hydrogens (tertiary/aromatic N) is 1. The molecule has 0 heterocycles. The number of hydrogen-bond donors (Lipinski definition) is 1. The molecule has 2 atom stereocenters. The van der Waals surface area contributed by atoms with Gasteiger partial charge in [-0.2, -0.15) is 0 Å². The van der Waals surface area contributed by atoms with Gasteiger partial charge < -0.3 is 5.32 Å². The van der Waals surface area contributed by atoms with E-state index in [1.165, 1.54) is 18.2 Å². The molecule has 1 aromatic rings. The van der Waals surface area contributed by atoms with Crippen LogP contribution in [0, 0.1) is 26.4 Å². The maximum absolute atomic E-state index is 13.1. The van der Waals surface area contributed by atoms with Crippen LogP contribution in [0.2, 0.25) is 0 Å². The number of carbonyl (C=O) groups is 2. The molecule has 1 amide bonds. The zero-order chi connectivity index (χ0) is 17.9. The zero-order valence-corrected chi connectivity index (χ0v) is 15.4. The molecule has 2 aliphatic rings. The number of nitro benzene ring substituents is 1. The van der Waals surface area contributed by atoms with E-state index >= 15 is 0 Å². The zero-order valence-electron chi connectivity index (χ0n) is 13.8. The van der Waals surface area contributed by atoms with Crippen LogP contribution < -0.4 is 5.32 Å². The molecule has 0 aliphatic heterocycles. The van der Waals surface area contributed by atoms with Gasteiger partial charge in [0.25, 0.3) is 5.69 Å². The Bertz CT molecular complexity index is 776. The number of Topliss-reactive ketones (excluding diaryl/α,β-unsaturated/α-hetero) is 1. The minimum Gasteiger partial charge on any atom is -0.324 e. The van der Waals surface area contributed by atoms with Crippen molar-refractivity contribution >= 4 is 39.0 Å². The molecule has 1 aromatic carbocycles. The molecule has 2 fully saturated rings. The van der Waals surface area contributed by atoms with Gasteiger partial charge in [-0.15, -0.1) is 0 Å². The van der Waals surface area contributed by atoms with Crippen molar-refractivity contribution in [3.8, 4) is 0 Å². The van der Waals surface area contributed by atoms with Gasteiger partial charge in [0.15, 0.2) is 0 Å². The Balaban J connectivity index is 1.96. The lowest BCUT2D eigenvalue weighted by Crippen LogP contribution is -2.43. The summed E-state index contributed by atoms with van der Waals surface area (Å²) in [4.78, 5) is 36.0. The number of anilines is 1. The van der Waals surface area contributed by atoms with E-state index in [1.807, 2.05) is 20.8 Å². The average Bonchev–Trinajstić information content (AvgIpc) is 2.79. The van der Waals surface area contributed by atoms with Gasteiger partial charge in [-0.3, -0.25) is 19.7 Å². The van der Waals surface area contributed by atoms with E-state index in [0.29, 0.717) is 23.0 Å². The highest BCUT2D eigenvalue weighted by Crippen LogP contribution is 2.70. The smallest absolute Gasteiger partial charge is 0.271 e. The van der Waals surface area contributed by atoms with Gasteiger partial charge in [-0.05, 0) is 40.3 Å². The summed E-state index contributed by atoms with van der Waals surface area (Å²) in [6.45, 7) is 5.90. The summed E-state index contributed by atoms with van der Waals surface area (Å²) in [6.07, 6.45) is 1.58. The van der Waals surface area contributed by atoms with Crippen molar-refractivity contribution in [3.63, 3.8) is 0 Å². The molecule has 2 bridgehead atoms. The molecule has 0 unspecified atom stereocenters. The van der Waals surface area contributed by atoms with E-state index in [9.17, 15) is 19.7 Å². The van der Waals surface area contributed by atoms with Gasteiger partial charge in [-0.1, -0.05) is 20.8 Å². The fourth-order valence-electron chi connectivity index (χ4n) is 4.33. The summed E-state index contributed by atoms with van der Waals surface area (Å²) in [7, 11) is 0. The summed E-state index contributed by atoms with van der Waals surface area (Å²) in [5.41, 5.74) is -1.43. The average molecular weight is 395 g/mol. The number of fused-ring (bicyclic) bond motifs is 2. The number of halogens is 1. The third kappa shape index (κ3) is 2.00. The third-order valence-corrected chi connectivity index (χ3v) is 7.24. The first-order chi connectivity index (χ1) is 11.0. The first kappa shape index (κ1) is 17.1. The molecule has 2 saturated carbocycles. The van der Waals surface area contributed by atoms with Gasteiger partial charge in [0.2, 0.25) is 5.91 Å². The van der Waals surface area contributed by atoms with Crippen molar-refractivity contribution in [3.05, 3.63) is 32.8 Å². The first-order valence-corrected chi connectivity index (χ1v) is 8.63. The molecule has 6 nitrogen and oxygen atoms in total. The van der Waals surface area contributed by atoms with Crippen LogP contribution in [0.1, 0.15) is 40.0 Å². The van der Waals surface area contributed by atoms with Crippen LogP contribution in [0.15, 0.2) is 22.7 Å². The van der Waals surface area contributed by atoms with Crippen molar-refractivity contribution in [2.45, 2.75) is 40.0 Å². The van der Waals surface area contributed by atoms with Crippen LogP contribution in [-0.2, 0) is 9.59 Å². The predicted octanol–water partition coefficient (Wildman–Crippen LogP) is 4.08. The molecule has 0 aromatic heterocycles. The number of benzene rings is 1. The van der Waals surface area contributed by atoms with E-state index in [4.69, 9.17) is 0 Å². The second-order valence-corrected chi connectivity index (χ2v) is 8.37. The minimum absolute atomic E-state index is 0.0935. The summed E-state index contributed by atoms with van der Waals surface area (Å²) in [6, 6.07) is 4.24. The molecule has 0 spiro atoms. The molecule has 24 heavy (non-hydrogen) atoms. The topological polar surface area (TPSA) is 89.3 Å². The van der Waals surface area contributed by atoms with Crippen LogP contribution in [0.25, 0.3) is 0 Å². The fourth-order valence-corrected chi connectivity index (χ4v) is 4.67. The summed E-state index contributed by atoms with van der Waals surface area (Å²) in [5, 5.41) is 13.8. The highest BCUT2D eigenvalue weighted by Gasteiger charge is 2.72. The SMILES string of the molecule is CC1(C)[C@]2(C(=O)Nc3cc([N+](=O)[O-])ccc3Br)CC[C@]1(C)C(=O)C2. The molecule has 0 radical (unpaired) electrons. The molecule has 7 heteroatoms. The molecule has 3 rings (SSSR count).